The Hall–Kier alpha value is -1.16. The molecule has 0 spiro atoms. The van der Waals surface area contributed by atoms with E-state index in [4.69, 9.17) is 4.74 Å². The molecule has 0 saturated heterocycles. The van der Waals surface area contributed by atoms with Crippen LogP contribution in [0.4, 0.5) is 0 Å². The van der Waals surface area contributed by atoms with E-state index in [-0.39, 0.29) is 39.5 Å². The van der Waals surface area contributed by atoms with Crippen LogP contribution in [0, 0.1) is 50.7 Å². The molecule has 1 N–H and O–H groups in total. The van der Waals surface area contributed by atoms with Crippen LogP contribution in [0.3, 0.4) is 0 Å². The standard InChI is InChI=1S/C31H48O4/c1-19-11-16-31(25(33)35-8)18-17-28(5)20(24(31)30(19,7)34)9-10-22-27(4)14-13-23(32)26(2,3)21(27)12-15-29(22,28)6/h9,19,21-22,24,34H,10-18H2,1-8H3/t19-,21+,22+,24-,27-,28-,29-,30-,31-/m1/s1. The molecule has 4 saturated carbocycles. The maximum absolute atomic E-state index is 13.4. The van der Waals surface area contributed by atoms with Crippen molar-refractivity contribution < 1.29 is 19.4 Å². The van der Waals surface area contributed by atoms with Gasteiger partial charge in [-0.3, -0.25) is 9.59 Å². The quantitative estimate of drug-likeness (QED) is 0.341. The van der Waals surface area contributed by atoms with Crippen LogP contribution in [-0.4, -0.2) is 29.6 Å². The summed E-state index contributed by atoms with van der Waals surface area (Å²) in [4.78, 5) is 26.4. The molecule has 0 bridgehead atoms. The molecule has 0 aliphatic heterocycles. The highest BCUT2D eigenvalue weighted by Gasteiger charge is 2.71. The topological polar surface area (TPSA) is 63.6 Å². The number of ether oxygens (including phenoxy) is 1. The molecule has 0 amide bonds. The first kappa shape index (κ1) is 25.5. The van der Waals surface area contributed by atoms with E-state index in [0.29, 0.717) is 24.0 Å². The van der Waals surface area contributed by atoms with Gasteiger partial charge in [-0.05, 0) is 92.3 Å². The molecular weight excluding hydrogens is 436 g/mol. The van der Waals surface area contributed by atoms with Gasteiger partial charge in [-0.2, -0.15) is 0 Å². The zero-order valence-corrected chi connectivity index (χ0v) is 23.4. The van der Waals surface area contributed by atoms with E-state index in [2.05, 4.69) is 47.6 Å². The summed E-state index contributed by atoms with van der Waals surface area (Å²) in [7, 11) is 1.51. The van der Waals surface area contributed by atoms with Crippen LogP contribution in [0.5, 0.6) is 0 Å². The van der Waals surface area contributed by atoms with Gasteiger partial charge in [-0.1, -0.05) is 53.2 Å². The van der Waals surface area contributed by atoms with Gasteiger partial charge in [-0.25, -0.2) is 0 Å². The van der Waals surface area contributed by atoms with E-state index >= 15 is 0 Å². The maximum Gasteiger partial charge on any atom is 0.312 e. The number of hydrogen-bond donors (Lipinski definition) is 1. The predicted molar refractivity (Wildman–Crippen MR) is 137 cm³/mol. The van der Waals surface area contributed by atoms with Crippen LogP contribution in [-0.2, 0) is 14.3 Å². The Bertz CT molecular complexity index is 976. The van der Waals surface area contributed by atoms with E-state index in [1.54, 1.807) is 0 Å². The largest absolute Gasteiger partial charge is 0.469 e. The molecule has 0 radical (unpaired) electrons. The van der Waals surface area contributed by atoms with E-state index in [0.717, 1.165) is 51.4 Å². The number of allylic oxidation sites excluding steroid dienone is 1. The number of aliphatic hydroxyl groups is 1. The first-order valence-electron chi connectivity index (χ1n) is 14.2. The lowest BCUT2D eigenvalue weighted by atomic mass is 9.33. The van der Waals surface area contributed by atoms with Crippen molar-refractivity contribution >= 4 is 11.8 Å². The predicted octanol–water partition coefficient (Wildman–Crippen LogP) is 6.50. The lowest BCUT2D eigenvalue weighted by Crippen LogP contribution is -2.67. The van der Waals surface area contributed by atoms with Crippen LogP contribution in [0.1, 0.15) is 106 Å². The highest BCUT2D eigenvalue weighted by atomic mass is 16.5. The molecule has 196 valence electrons. The van der Waals surface area contributed by atoms with E-state index in [1.165, 1.54) is 12.7 Å². The van der Waals surface area contributed by atoms with Crippen molar-refractivity contribution in [3.8, 4) is 0 Å². The summed E-state index contributed by atoms with van der Waals surface area (Å²) in [5.74, 6) is 1.17. The Balaban J connectivity index is 1.65. The minimum atomic E-state index is -0.941. The highest BCUT2D eigenvalue weighted by Crippen LogP contribution is 2.75. The second kappa shape index (κ2) is 7.45. The molecule has 0 aromatic rings. The summed E-state index contributed by atoms with van der Waals surface area (Å²) in [6.45, 7) is 16.0. The van der Waals surface area contributed by atoms with Crippen LogP contribution in [0.25, 0.3) is 0 Å². The molecule has 0 unspecified atom stereocenters. The van der Waals surface area contributed by atoms with Crippen molar-refractivity contribution in [1.82, 2.24) is 0 Å². The Morgan fingerprint density at radius 1 is 0.971 bits per heavy atom. The zero-order chi connectivity index (χ0) is 25.8. The maximum atomic E-state index is 13.4. The van der Waals surface area contributed by atoms with Crippen LogP contribution < -0.4 is 0 Å². The zero-order valence-electron chi connectivity index (χ0n) is 23.4. The van der Waals surface area contributed by atoms with Gasteiger partial charge in [-0.15, -0.1) is 0 Å². The number of hydrogen-bond acceptors (Lipinski definition) is 4. The first-order valence-corrected chi connectivity index (χ1v) is 14.2. The molecular formula is C31H48O4. The third kappa shape index (κ3) is 2.90. The lowest BCUT2D eigenvalue weighted by molar-refractivity contribution is -0.208. The summed E-state index contributed by atoms with van der Waals surface area (Å²) in [5.41, 5.74) is -0.347. The Morgan fingerprint density at radius 2 is 1.66 bits per heavy atom. The van der Waals surface area contributed by atoms with E-state index < -0.39 is 11.0 Å². The fourth-order valence-corrected chi connectivity index (χ4v) is 10.8. The van der Waals surface area contributed by atoms with Gasteiger partial charge in [0.2, 0.25) is 0 Å². The number of fused-ring (bicyclic) bond motifs is 7. The normalized spacial score (nSPS) is 52.8. The third-order valence-electron chi connectivity index (χ3n) is 13.4. The fourth-order valence-electron chi connectivity index (χ4n) is 10.8. The Morgan fingerprint density at radius 3 is 2.31 bits per heavy atom. The van der Waals surface area contributed by atoms with Crippen LogP contribution >= 0.6 is 0 Å². The average Bonchev–Trinajstić information content (AvgIpc) is 2.79. The molecule has 0 heterocycles. The second-order valence-electron chi connectivity index (χ2n) is 14.7. The Labute approximate surface area is 212 Å². The monoisotopic (exact) mass is 484 g/mol. The van der Waals surface area contributed by atoms with Crippen molar-refractivity contribution in [1.29, 1.82) is 0 Å². The molecule has 0 aromatic heterocycles. The number of Topliss-reactive ketones (excluding diaryl/α,β-unsaturated/α-hetero) is 1. The lowest BCUT2D eigenvalue weighted by Gasteiger charge is -2.71. The molecule has 4 nitrogen and oxygen atoms in total. The molecule has 4 fully saturated rings. The number of rotatable bonds is 1. The van der Waals surface area contributed by atoms with Crippen molar-refractivity contribution in [2.24, 2.45) is 50.7 Å². The van der Waals surface area contributed by atoms with Crippen molar-refractivity contribution in [2.75, 3.05) is 7.11 Å². The molecule has 5 rings (SSSR count). The smallest absolute Gasteiger partial charge is 0.312 e. The summed E-state index contributed by atoms with van der Waals surface area (Å²) in [5, 5.41) is 12.0. The second-order valence-corrected chi connectivity index (χ2v) is 14.7. The number of esters is 1. The van der Waals surface area contributed by atoms with Crippen molar-refractivity contribution in [3.63, 3.8) is 0 Å². The summed E-state index contributed by atoms with van der Waals surface area (Å²) < 4.78 is 5.43. The highest BCUT2D eigenvalue weighted by molar-refractivity contribution is 5.85. The number of carbonyl (C=O) groups excluding carboxylic acids is 2. The number of ketones is 1. The molecule has 9 atom stereocenters. The summed E-state index contributed by atoms with van der Waals surface area (Å²) >= 11 is 0. The molecule has 5 aliphatic carbocycles. The average molecular weight is 485 g/mol. The number of carbonyl (C=O) groups is 2. The molecule has 5 aliphatic rings. The molecule has 4 heteroatoms. The van der Waals surface area contributed by atoms with Crippen LogP contribution in [0.2, 0.25) is 0 Å². The Kier molecular flexibility index (Phi) is 5.43. The minimum absolute atomic E-state index is 0.0707. The van der Waals surface area contributed by atoms with Crippen molar-refractivity contribution in [2.45, 2.75) is 112 Å². The van der Waals surface area contributed by atoms with Gasteiger partial charge in [0.05, 0.1) is 18.1 Å². The van der Waals surface area contributed by atoms with E-state index in [9.17, 15) is 14.7 Å². The molecule has 35 heavy (non-hydrogen) atoms. The SMILES string of the molecule is COC(=O)[C@@]12CC[C@@H](C)[C@@](C)(O)[C@H]1C1=CC[C@H]3[C@]4(C)CCC(=O)C(C)(C)[C@@H]4CC[C@@]3(C)[C@]1(C)CC2. The van der Waals surface area contributed by atoms with Gasteiger partial charge in [0, 0.05) is 17.8 Å². The summed E-state index contributed by atoms with van der Waals surface area (Å²) in [6.07, 6.45) is 10.7. The van der Waals surface area contributed by atoms with Crippen LogP contribution in [0.15, 0.2) is 11.6 Å². The molecule has 0 aromatic carbocycles. The number of methoxy groups -OCH3 is 1. The minimum Gasteiger partial charge on any atom is -0.469 e. The van der Waals surface area contributed by atoms with E-state index in [1.807, 2.05) is 6.92 Å². The first-order chi connectivity index (χ1) is 16.1. The van der Waals surface area contributed by atoms with Crippen molar-refractivity contribution in [3.05, 3.63) is 11.6 Å². The summed E-state index contributed by atoms with van der Waals surface area (Å²) in [6, 6.07) is 0. The van der Waals surface area contributed by atoms with Gasteiger partial charge in [0.1, 0.15) is 5.78 Å². The third-order valence-corrected chi connectivity index (χ3v) is 13.4. The van der Waals surface area contributed by atoms with Gasteiger partial charge in [0.25, 0.3) is 0 Å². The van der Waals surface area contributed by atoms with Gasteiger partial charge < -0.3 is 9.84 Å². The van der Waals surface area contributed by atoms with Gasteiger partial charge in [0.15, 0.2) is 0 Å². The van der Waals surface area contributed by atoms with Gasteiger partial charge >= 0.3 is 5.97 Å². The fraction of sp³-hybridized carbons (Fsp3) is 0.871.